The van der Waals surface area contributed by atoms with E-state index in [-0.39, 0.29) is 18.1 Å². The molecule has 0 aliphatic carbocycles. The topological polar surface area (TPSA) is 35.9 Å². The van der Waals surface area contributed by atoms with Crippen LogP contribution < -0.4 is 0 Å². The maximum atomic E-state index is 12.5. The Labute approximate surface area is 137 Å². The van der Waals surface area contributed by atoms with Crippen molar-refractivity contribution in [1.82, 2.24) is 9.91 Å². The fraction of sp³-hybridized carbons (Fsp3) is 0.263. The Hall–Kier alpha value is -2.46. The smallest absolute Gasteiger partial charge is 0.258 e. The van der Waals surface area contributed by atoms with Gasteiger partial charge in [0.2, 0.25) is 0 Å². The van der Waals surface area contributed by atoms with Gasteiger partial charge < -0.3 is 0 Å². The molecule has 2 aromatic carbocycles. The number of nitrogens with zero attached hydrogens (tertiary/aromatic N) is 3. The van der Waals surface area contributed by atoms with Gasteiger partial charge in [0, 0.05) is 6.04 Å². The van der Waals surface area contributed by atoms with E-state index in [1.165, 1.54) is 0 Å². The minimum atomic E-state index is -0.149. The normalized spacial score (nSPS) is 19.2. The van der Waals surface area contributed by atoms with Gasteiger partial charge in [-0.15, -0.1) is 0 Å². The second-order valence-corrected chi connectivity index (χ2v) is 5.94. The highest BCUT2D eigenvalue weighted by atomic mass is 16.2. The van der Waals surface area contributed by atoms with Crippen LogP contribution in [0.3, 0.4) is 0 Å². The van der Waals surface area contributed by atoms with Gasteiger partial charge in [-0.2, -0.15) is 5.10 Å². The molecule has 0 bridgehead atoms. The Balaban J connectivity index is 1.93. The summed E-state index contributed by atoms with van der Waals surface area (Å²) in [5.74, 6) is 0.0275. The lowest BCUT2D eigenvalue weighted by Gasteiger charge is -2.30. The SMILES string of the molecule is CC(C)N1CC(=O)N(N=Cc2ccccc2)C1c1ccccc1. The second kappa shape index (κ2) is 6.75. The Kier molecular flexibility index (Phi) is 4.53. The van der Waals surface area contributed by atoms with Crippen LogP contribution in [0.2, 0.25) is 0 Å². The van der Waals surface area contributed by atoms with Crippen LogP contribution in [-0.2, 0) is 4.79 Å². The predicted molar refractivity (Wildman–Crippen MR) is 91.9 cm³/mol. The average Bonchev–Trinajstić information content (AvgIpc) is 2.91. The summed E-state index contributed by atoms with van der Waals surface area (Å²) < 4.78 is 0. The van der Waals surface area contributed by atoms with Gasteiger partial charge in [-0.3, -0.25) is 9.69 Å². The molecule has 0 saturated carbocycles. The summed E-state index contributed by atoms with van der Waals surface area (Å²) in [5.41, 5.74) is 2.06. The van der Waals surface area contributed by atoms with Crippen molar-refractivity contribution < 1.29 is 4.79 Å². The fourth-order valence-electron chi connectivity index (χ4n) is 2.81. The standard InChI is InChI=1S/C19H21N3O/c1-15(2)21-14-18(23)22(19(21)17-11-7-4-8-12-17)20-13-16-9-5-3-6-10-16/h3-13,15,19H,14H2,1-2H3. The predicted octanol–water partition coefficient (Wildman–Crippen LogP) is 3.27. The lowest BCUT2D eigenvalue weighted by Crippen LogP contribution is -2.33. The number of benzene rings is 2. The molecule has 0 spiro atoms. The Morgan fingerprint density at radius 2 is 1.65 bits per heavy atom. The molecule has 1 fully saturated rings. The summed E-state index contributed by atoms with van der Waals surface area (Å²) in [6.07, 6.45) is 1.60. The molecule has 1 heterocycles. The summed E-state index contributed by atoms with van der Waals surface area (Å²) in [7, 11) is 0. The van der Waals surface area contributed by atoms with E-state index in [1.807, 2.05) is 60.7 Å². The summed E-state index contributed by atoms with van der Waals surface area (Å²) in [4.78, 5) is 14.6. The van der Waals surface area contributed by atoms with Gasteiger partial charge in [-0.05, 0) is 25.0 Å². The summed E-state index contributed by atoms with van der Waals surface area (Å²) in [6, 6.07) is 20.2. The minimum Gasteiger partial charge on any atom is -0.271 e. The number of carbonyl (C=O) groups excluding carboxylic acids is 1. The minimum absolute atomic E-state index is 0.0275. The molecule has 0 radical (unpaired) electrons. The average molecular weight is 307 g/mol. The van der Waals surface area contributed by atoms with Gasteiger partial charge in [-0.25, -0.2) is 5.01 Å². The molecule has 1 atom stereocenters. The van der Waals surface area contributed by atoms with E-state index in [4.69, 9.17) is 0 Å². The molecule has 3 rings (SSSR count). The molecule has 118 valence electrons. The summed E-state index contributed by atoms with van der Waals surface area (Å²) in [6.45, 7) is 4.60. The summed E-state index contributed by atoms with van der Waals surface area (Å²) in [5, 5.41) is 6.08. The van der Waals surface area contributed by atoms with Crippen LogP contribution >= 0.6 is 0 Å². The molecule has 0 aromatic heterocycles. The number of hydrogen-bond donors (Lipinski definition) is 0. The highest BCUT2D eigenvalue weighted by molar-refractivity contribution is 5.84. The van der Waals surface area contributed by atoms with Crippen molar-refractivity contribution in [1.29, 1.82) is 0 Å². The van der Waals surface area contributed by atoms with Crippen molar-refractivity contribution in [3.8, 4) is 0 Å². The molecular formula is C19H21N3O. The van der Waals surface area contributed by atoms with E-state index < -0.39 is 0 Å². The van der Waals surface area contributed by atoms with Crippen molar-refractivity contribution in [2.24, 2.45) is 5.10 Å². The van der Waals surface area contributed by atoms with Gasteiger partial charge in [-0.1, -0.05) is 60.7 Å². The van der Waals surface area contributed by atoms with E-state index in [1.54, 1.807) is 11.2 Å². The monoisotopic (exact) mass is 307 g/mol. The zero-order valence-corrected chi connectivity index (χ0v) is 13.5. The number of hydrazone groups is 1. The number of carbonyl (C=O) groups is 1. The molecule has 4 heteroatoms. The molecule has 23 heavy (non-hydrogen) atoms. The van der Waals surface area contributed by atoms with Crippen molar-refractivity contribution in [2.75, 3.05) is 6.54 Å². The van der Waals surface area contributed by atoms with Crippen LogP contribution in [0.5, 0.6) is 0 Å². The maximum Gasteiger partial charge on any atom is 0.258 e. The van der Waals surface area contributed by atoms with Gasteiger partial charge in [0.1, 0.15) is 6.17 Å². The molecule has 0 N–H and O–H groups in total. The van der Waals surface area contributed by atoms with Crippen LogP contribution in [0, 0.1) is 0 Å². The largest absolute Gasteiger partial charge is 0.271 e. The van der Waals surface area contributed by atoms with Gasteiger partial charge in [0.05, 0.1) is 12.8 Å². The van der Waals surface area contributed by atoms with Gasteiger partial charge in [0.25, 0.3) is 5.91 Å². The van der Waals surface area contributed by atoms with Crippen LogP contribution in [0.4, 0.5) is 0 Å². The zero-order chi connectivity index (χ0) is 16.2. The Morgan fingerprint density at radius 3 is 2.26 bits per heavy atom. The maximum absolute atomic E-state index is 12.5. The molecule has 1 amide bonds. The van der Waals surface area contributed by atoms with Crippen LogP contribution in [0.15, 0.2) is 65.8 Å². The van der Waals surface area contributed by atoms with Gasteiger partial charge in [0.15, 0.2) is 0 Å². The zero-order valence-electron chi connectivity index (χ0n) is 13.5. The third-order valence-electron chi connectivity index (χ3n) is 4.01. The third-order valence-corrected chi connectivity index (χ3v) is 4.01. The Morgan fingerprint density at radius 1 is 1.04 bits per heavy atom. The van der Waals surface area contributed by atoms with Crippen LogP contribution in [-0.4, -0.2) is 34.6 Å². The van der Waals surface area contributed by atoms with Crippen LogP contribution in [0.25, 0.3) is 0 Å². The second-order valence-electron chi connectivity index (χ2n) is 5.94. The quantitative estimate of drug-likeness (QED) is 0.813. The molecule has 1 aliphatic heterocycles. The fourth-order valence-corrected chi connectivity index (χ4v) is 2.81. The lowest BCUT2D eigenvalue weighted by molar-refractivity contribution is -0.128. The lowest BCUT2D eigenvalue weighted by atomic mass is 10.1. The van der Waals surface area contributed by atoms with E-state index >= 15 is 0 Å². The molecular weight excluding hydrogens is 286 g/mol. The number of rotatable bonds is 4. The molecule has 2 aromatic rings. The summed E-state index contributed by atoms with van der Waals surface area (Å²) >= 11 is 0. The van der Waals surface area contributed by atoms with E-state index in [9.17, 15) is 4.79 Å². The highest BCUT2D eigenvalue weighted by Crippen LogP contribution is 2.32. The first-order valence-corrected chi connectivity index (χ1v) is 7.88. The first-order chi connectivity index (χ1) is 11.2. The highest BCUT2D eigenvalue weighted by Gasteiger charge is 2.40. The van der Waals surface area contributed by atoms with E-state index in [0.717, 1.165) is 11.1 Å². The first kappa shape index (κ1) is 15.4. The van der Waals surface area contributed by atoms with Gasteiger partial charge >= 0.3 is 0 Å². The van der Waals surface area contributed by atoms with E-state index in [2.05, 4.69) is 23.8 Å². The number of amides is 1. The molecule has 4 nitrogen and oxygen atoms in total. The molecule has 1 saturated heterocycles. The Bertz CT molecular complexity index is 682. The number of hydrogen-bond acceptors (Lipinski definition) is 3. The van der Waals surface area contributed by atoms with Crippen molar-refractivity contribution >= 4 is 12.1 Å². The molecule has 1 unspecified atom stereocenters. The van der Waals surface area contributed by atoms with E-state index in [0.29, 0.717) is 6.54 Å². The molecule has 1 aliphatic rings. The van der Waals surface area contributed by atoms with Crippen molar-refractivity contribution in [2.45, 2.75) is 26.1 Å². The van der Waals surface area contributed by atoms with Crippen molar-refractivity contribution in [3.63, 3.8) is 0 Å². The first-order valence-electron chi connectivity index (χ1n) is 7.88. The third kappa shape index (κ3) is 3.32. The van der Waals surface area contributed by atoms with Crippen LogP contribution in [0.1, 0.15) is 31.1 Å². The van der Waals surface area contributed by atoms with Crippen molar-refractivity contribution in [3.05, 3.63) is 71.8 Å².